The Labute approximate surface area is 122 Å². The van der Waals surface area contributed by atoms with Crippen molar-refractivity contribution in [1.82, 2.24) is 5.32 Å². The molecule has 19 heavy (non-hydrogen) atoms. The van der Waals surface area contributed by atoms with Gasteiger partial charge in [0.2, 0.25) is 0 Å². The molecule has 2 bridgehead atoms. The third-order valence-electron chi connectivity index (χ3n) is 6.67. The van der Waals surface area contributed by atoms with Crippen LogP contribution in [0.25, 0.3) is 0 Å². The number of hydrogen-bond acceptors (Lipinski definition) is 2. The standard InChI is InChI=1S/C17H29NS/c1-2-19-13-7-6-12(10-13)18-17-9-11-8-16(17)15-5-3-4-14(11)15/h11-18H,2-10H2,1H3. The Morgan fingerprint density at radius 2 is 1.84 bits per heavy atom. The van der Waals surface area contributed by atoms with Gasteiger partial charge in [0.1, 0.15) is 0 Å². The zero-order valence-electron chi connectivity index (χ0n) is 12.3. The number of fused-ring (bicyclic) bond motifs is 5. The molecule has 0 aromatic carbocycles. The average molecular weight is 279 g/mol. The normalized spacial score (nSPS) is 51.9. The molecule has 2 heteroatoms. The van der Waals surface area contributed by atoms with E-state index in [4.69, 9.17) is 0 Å². The summed E-state index contributed by atoms with van der Waals surface area (Å²) in [5.74, 6) is 5.75. The van der Waals surface area contributed by atoms with Crippen molar-refractivity contribution in [3.05, 3.63) is 0 Å². The van der Waals surface area contributed by atoms with Gasteiger partial charge in [-0.05, 0) is 74.4 Å². The van der Waals surface area contributed by atoms with Crippen LogP contribution in [0, 0.1) is 23.7 Å². The van der Waals surface area contributed by atoms with E-state index in [0.29, 0.717) is 0 Å². The predicted molar refractivity (Wildman–Crippen MR) is 83.5 cm³/mol. The molecule has 4 saturated carbocycles. The van der Waals surface area contributed by atoms with Gasteiger partial charge < -0.3 is 5.32 Å². The third kappa shape index (κ3) is 2.27. The van der Waals surface area contributed by atoms with E-state index in [-0.39, 0.29) is 0 Å². The minimum absolute atomic E-state index is 0.855. The van der Waals surface area contributed by atoms with Crippen LogP contribution in [0.3, 0.4) is 0 Å². The molecule has 4 fully saturated rings. The molecule has 0 heterocycles. The summed E-state index contributed by atoms with van der Waals surface area (Å²) in [7, 11) is 0. The highest BCUT2D eigenvalue weighted by Crippen LogP contribution is 2.58. The van der Waals surface area contributed by atoms with Gasteiger partial charge in [0, 0.05) is 17.3 Å². The van der Waals surface area contributed by atoms with Crippen LogP contribution < -0.4 is 5.32 Å². The van der Waals surface area contributed by atoms with E-state index in [9.17, 15) is 0 Å². The molecule has 7 atom stereocenters. The topological polar surface area (TPSA) is 12.0 Å². The smallest absolute Gasteiger partial charge is 0.0103 e. The molecule has 1 nitrogen and oxygen atoms in total. The van der Waals surface area contributed by atoms with E-state index in [1.54, 1.807) is 19.3 Å². The van der Waals surface area contributed by atoms with Gasteiger partial charge in [0.25, 0.3) is 0 Å². The Morgan fingerprint density at radius 1 is 0.947 bits per heavy atom. The molecule has 108 valence electrons. The average Bonchev–Trinajstić information content (AvgIpc) is 3.10. The maximum atomic E-state index is 4.10. The summed E-state index contributed by atoms with van der Waals surface area (Å²) in [6.45, 7) is 2.31. The number of nitrogens with one attached hydrogen (secondary N) is 1. The van der Waals surface area contributed by atoms with Crippen LogP contribution in [-0.4, -0.2) is 23.1 Å². The molecule has 0 spiro atoms. The van der Waals surface area contributed by atoms with Crippen LogP contribution in [-0.2, 0) is 0 Å². The lowest BCUT2D eigenvalue weighted by Crippen LogP contribution is -2.43. The fourth-order valence-corrected chi connectivity index (χ4v) is 7.18. The number of hydrogen-bond donors (Lipinski definition) is 1. The summed E-state index contributed by atoms with van der Waals surface area (Å²) in [5.41, 5.74) is 0. The van der Waals surface area contributed by atoms with E-state index in [2.05, 4.69) is 24.0 Å². The van der Waals surface area contributed by atoms with Crippen LogP contribution in [0.5, 0.6) is 0 Å². The van der Waals surface area contributed by atoms with Gasteiger partial charge >= 0.3 is 0 Å². The predicted octanol–water partition coefficient (Wildman–Crippen LogP) is 4.07. The summed E-state index contributed by atoms with van der Waals surface area (Å²) in [6.07, 6.45) is 12.1. The van der Waals surface area contributed by atoms with Crippen LogP contribution >= 0.6 is 11.8 Å². The van der Waals surface area contributed by atoms with Crippen molar-refractivity contribution >= 4 is 11.8 Å². The second-order valence-electron chi connectivity index (χ2n) is 7.51. The highest BCUT2D eigenvalue weighted by atomic mass is 32.2. The highest BCUT2D eigenvalue weighted by molar-refractivity contribution is 7.99. The highest BCUT2D eigenvalue weighted by Gasteiger charge is 2.53. The lowest BCUT2D eigenvalue weighted by molar-refractivity contribution is 0.198. The Morgan fingerprint density at radius 3 is 2.74 bits per heavy atom. The van der Waals surface area contributed by atoms with Gasteiger partial charge in [-0.1, -0.05) is 13.3 Å². The minimum atomic E-state index is 0.855. The Kier molecular flexibility index (Phi) is 3.60. The molecular formula is C17H29NS. The second-order valence-corrected chi connectivity index (χ2v) is 9.09. The van der Waals surface area contributed by atoms with E-state index in [0.717, 1.165) is 41.0 Å². The van der Waals surface area contributed by atoms with Crippen LogP contribution in [0.1, 0.15) is 58.3 Å². The minimum Gasteiger partial charge on any atom is -0.311 e. The Balaban J connectivity index is 1.33. The van der Waals surface area contributed by atoms with Gasteiger partial charge in [0.15, 0.2) is 0 Å². The third-order valence-corrected chi connectivity index (χ3v) is 7.90. The molecule has 1 N–H and O–H groups in total. The zero-order chi connectivity index (χ0) is 12.8. The fourth-order valence-electron chi connectivity index (χ4n) is 6.04. The van der Waals surface area contributed by atoms with Crippen LogP contribution in [0.4, 0.5) is 0 Å². The van der Waals surface area contributed by atoms with Crippen LogP contribution in [0.2, 0.25) is 0 Å². The zero-order valence-corrected chi connectivity index (χ0v) is 13.1. The maximum Gasteiger partial charge on any atom is 0.0103 e. The SMILES string of the molecule is CCSC1CCC(NC2CC3CC2C2CCCC32)C1. The van der Waals surface area contributed by atoms with E-state index >= 15 is 0 Å². The first kappa shape index (κ1) is 13.0. The van der Waals surface area contributed by atoms with Crippen molar-refractivity contribution in [3.63, 3.8) is 0 Å². The summed E-state index contributed by atoms with van der Waals surface area (Å²) < 4.78 is 0. The molecule has 4 rings (SSSR count). The molecule has 0 saturated heterocycles. The van der Waals surface area contributed by atoms with E-state index in [1.807, 2.05) is 0 Å². The first-order valence-corrected chi connectivity index (χ1v) is 9.77. The van der Waals surface area contributed by atoms with E-state index in [1.165, 1.54) is 37.9 Å². The fraction of sp³-hybridized carbons (Fsp3) is 1.00. The molecule has 0 amide bonds. The molecule has 0 aliphatic heterocycles. The monoisotopic (exact) mass is 279 g/mol. The van der Waals surface area contributed by atoms with Gasteiger partial charge in [-0.15, -0.1) is 0 Å². The molecule has 0 aromatic rings. The maximum absolute atomic E-state index is 4.10. The molecule has 0 radical (unpaired) electrons. The molecule has 4 aliphatic rings. The van der Waals surface area contributed by atoms with Crippen molar-refractivity contribution in [2.24, 2.45) is 23.7 Å². The Bertz CT molecular complexity index is 331. The van der Waals surface area contributed by atoms with Gasteiger partial charge in [-0.25, -0.2) is 0 Å². The van der Waals surface area contributed by atoms with Crippen molar-refractivity contribution in [3.8, 4) is 0 Å². The summed E-state index contributed by atoms with van der Waals surface area (Å²) in [4.78, 5) is 0. The summed E-state index contributed by atoms with van der Waals surface area (Å²) in [5, 5.41) is 5.06. The van der Waals surface area contributed by atoms with Gasteiger partial charge in [-0.3, -0.25) is 0 Å². The molecule has 0 aromatic heterocycles. The van der Waals surface area contributed by atoms with Crippen molar-refractivity contribution in [2.75, 3.05) is 5.75 Å². The quantitative estimate of drug-likeness (QED) is 0.832. The largest absolute Gasteiger partial charge is 0.311 e. The first-order valence-electron chi connectivity index (χ1n) is 8.72. The number of rotatable bonds is 4. The lowest BCUT2D eigenvalue weighted by atomic mass is 9.79. The molecular weight excluding hydrogens is 250 g/mol. The summed E-state index contributed by atoms with van der Waals surface area (Å²) in [6, 6.07) is 1.76. The van der Waals surface area contributed by atoms with Crippen molar-refractivity contribution < 1.29 is 0 Å². The van der Waals surface area contributed by atoms with Crippen LogP contribution in [0.15, 0.2) is 0 Å². The summed E-state index contributed by atoms with van der Waals surface area (Å²) >= 11 is 2.19. The van der Waals surface area contributed by atoms with Gasteiger partial charge in [0.05, 0.1) is 0 Å². The lowest BCUT2D eigenvalue weighted by Gasteiger charge is -2.34. The van der Waals surface area contributed by atoms with Crippen molar-refractivity contribution in [1.29, 1.82) is 0 Å². The van der Waals surface area contributed by atoms with E-state index < -0.39 is 0 Å². The Hall–Kier alpha value is 0.310. The molecule has 4 aliphatic carbocycles. The second kappa shape index (κ2) is 5.26. The number of thioether (sulfide) groups is 1. The van der Waals surface area contributed by atoms with Gasteiger partial charge in [-0.2, -0.15) is 11.8 Å². The molecule has 7 unspecified atom stereocenters. The van der Waals surface area contributed by atoms with Crippen molar-refractivity contribution in [2.45, 2.75) is 75.6 Å². The first-order chi connectivity index (χ1) is 9.35.